The standard InChI is InChI=1S/C17H15N5O7.K/c23-11-5-10(14(24)21-9-3-1-8(2-4-9)16(26)27)29-17(11,28)22-7-20-12-13(22)18-6-19-15(12)25;/h1-4,6-7,10-11,23,28H,5H2,(H,21,24)(H,26,27)(H,18,19,25);/q;+1/p-1/t10-,11+,17+;/m0./s1. The van der Waals surface area contributed by atoms with Gasteiger partial charge in [-0.25, -0.2) is 14.8 Å². The van der Waals surface area contributed by atoms with E-state index in [4.69, 9.17) is 9.84 Å². The first-order valence-corrected chi connectivity index (χ1v) is 8.37. The smallest absolute Gasteiger partial charge is 0.857 e. The van der Waals surface area contributed by atoms with Gasteiger partial charge in [-0.05, 0) is 24.3 Å². The summed E-state index contributed by atoms with van der Waals surface area (Å²) in [6.07, 6.45) is -0.951. The molecule has 1 aliphatic heterocycles. The van der Waals surface area contributed by atoms with E-state index >= 15 is 0 Å². The van der Waals surface area contributed by atoms with Crippen LogP contribution in [0.5, 0.6) is 5.88 Å². The number of benzene rings is 1. The van der Waals surface area contributed by atoms with E-state index in [1.165, 1.54) is 24.3 Å². The Balaban J connectivity index is 0.00000256. The van der Waals surface area contributed by atoms with E-state index in [-0.39, 0.29) is 74.5 Å². The molecule has 0 spiro atoms. The van der Waals surface area contributed by atoms with Gasteiger partial charge in [0.05, 0.1) is 5.56 Å². The number of hydrogen-bond donors (Lipinski definition) is 4. The normalized spacial score (nSPS) is 23.1. The van der Waals surface area contributed by atoms with Crippen LogP contribution in [0.3, 0.4) is 0 Å². The third-order valence-corrected chi connectivity index (χ3v) is 4.52. The second kappa shape index (κ2) is 8.64. The first-order chi connectivity index (χ1) is 13.8. The van der Waals surface area contributed by atoms with Crippen molar-refractivity contribution in [1.29, 1.82) is 0 Å². The van der Waals surface area contributed by atoms with Crippen molar-refractivity contribution in [3.8, 4) is 5.88 Å². The fourth-order valence-electron chi connectivity index (χ4n) is 3.04. The maximum atomic E-state index is 12.5. The van der Waals surface area contributed by atoms with Gasteiger partial charge in [-0.2, -0.15) is 0 Å². The fraction of sp³-hybridized carbons (Fsp3) is 0.235. The van der Waals surface area contributed by atoms with Crippen LogP contribution in [0.15, 0.2) is 36.9 Å². The van der Waals surface area contributed by atoms with Crippen LogP contribution in [0.2, 0.25) is 0 Å². The second-order valence-electron chi connectivity index (χ2n) is 6.35. The number of fused-ring (bicyclic) bond motifs is 1. The molecule has 1 aliphatic rings. The predicted octanol–water partition coefficient (Wildman–Crippen LogP) is -4.01. The number of nitrogens with zero attached hydrogens (tertiary/aromatic N) is 4. The molecular weight excluding hydrogens is 425 g/mol. The summed E-state index contributed by atoms with van der Waals surface area (Å²) in [6.45, 7) is 0. The third-order valence-electron chi connectivity index (χ3n) is 4.52. The van der Waals surface area contributed by atoms with Crippen molar-refractivity contribution in [3.63, 3.8) is 0 Å². The van der Waals surface area contributed by atoms with E-state index in [9.17, 15) is 24.9 Å². The SMILES string of the molecule is O=C(O)c1ccc(NC(=O)[C@@H]2C[C@@H](O)[C@](O)(n3cnc4c([O-])ncnc43)O2)cc1.[K+]. The van der Waals surface area contributed by atoms with E-state index in [0.717, 1.165) is 17.2 Å². The molecule has 150 valence electrons. The van der Waals surface area contributed by atoms with E-state index in [1.807, 2.05) is 0 Å². The minimum atomic E-state index is -2.37. The van der Waals surface area contributed by atoms with Crippen LogP contribution in [-0.2, 0) is 15.4 Å². The number of carbonyl (C=O) groups is 2. The van der Waals surface area contributed by atoms with Crippen molar-refractivity contribution >= 4 is 28.7 Å². The summed E-state index contributed by atoms with van der Waals surface area (Å²) in [6, 6.07) is 5.43. The average molecular weight is 439 g/mol. The summed E-state index contributed by atoms with van der Waals surface area (Å²) >= 11 is 0. The number of anilines is 1. The monoisotopic (exact) mass is 439 g/mol. The number of imidazole rings is 1. The van der Waals surface area contributed by atoms with Crippen LogP contribution < -0.4 is 61.8 Å². The Hall–Kier alpha value is -1.97. The van der Waals surface area contributed by atoms with Gasteiger partial charge in [0.15, 0.2) is 5.65 Å². The van der Waals surface area contributed by atoms with Crippen molar-refractivity contribution in [2.24, 2.45) is 0 Å². The fourth-order valence-corrected chi connectivity index (χ4v) is 3.04. The summed E-state index contributed by atoms with van der Waals surface area (Å²) in [5.41, 5.74) is 0.182. The van der Waals surface area contributed by atoms with Crippen molar-refractivity contribution < 1.29 is 86.1 Å². The van der Waals surface area contributed by atoms with Gasteiger partial charge in [0, 0.05) is 18.0 Å². The van der Waals surface area contributed by atoms with E-state index in [0.29, 0.717) is 5.69 Å². The number of rotatable bonds is 4. The molecule has 30 heavy (non-hydrogen) atoms. The first kappa shape index (κ1) is 22.7. The number of carboxylic acid groups (broad SMARTS) is 1. The van der Waals surface area contributed by atoms with Crippen LogP contribution >= 0.6 is 0 Å². The molecule has 0 bridgehead atoms. The molecule has 2 aromatic heterocycles. The minimum Gasteiger partial charge on any atom is -0.857 e. The topological polar surface area (TPSA) is 183 Å². The minimum absolute atomic E-state index is 0. The molecule has 12 nitrogen and oxygen atoms in total. The molecular formula is C17H14KN5O7. The number of aliphatic hydroxyl groups excluding tert-OH is 1. The van der Waals surface area contributed by atoms with Gasteiger partial charge >= 0.3 is 57.4 Å². The number of nitrogens with one attached hydrogen (secondary N) is 1. The summed E-state index contributed by atoms with van der Waals surface area (Å²) in [5, 5.41) is 44.3. The number of hydrogen-bond acceptors (Lipinski definition) is 9. The summed E-state index contributed by atoms with van der Waals surface area (Å²) in [4.78, 5) is 34.5. The van der Waals surface area contributed by atoms with Crippen molar-refractivity contribution in [1.82, 2.24) is 19.5 Å². The molecule has 4 rings (SSSR count). The molecule has 1 aromatic carbocycles. The third kappa shape index (κ3) is 3.98. The molecule has 0 saturated carbocycles. The number of amides is 1. The molecule has 13 heteroatoms. The van der Waals surface area contributed by atoms with E-state index in [1.54, 1.807) is 0 Å². The zero-order chi connectivity index (χ0) is 20.8. The van der Waals surface area contributed by atoms with Gasteiger partial charge in [-0.1, -0.05) is 0 Å². The number of carboxylic acids is 1. The van der Waals surface area contributed by atoms with Crippen molar-refractivity contribution in [2.75, 3.05) is 5.32 Å². The number of aromatic nitrogens is 4. The van der Waals surface area contributed by atoms with Crippen LogP contribution in [0, 0.1) is 0 Å². The van der Waals surface area contributed by atoms with Gasteiger partial charge in [-0.15, -0.1) is 0 Å². The summed E-state index contributed by atoms with van der Waals surface area (Å²) in [7, 11) is 0. The van der Waals surface area contributed by atoms with Crippen molar-refractivity contribution in [3.05, 3.63) is 42.5 Å². The Kier molecular flexibility index (Phi) is 6.54. The number of carbonyl (C=O) groups excluding carboxylic acids is 1. The number of aromatic carboxylic acids is 1. The Morgan fingerprint density at radius 2 is 1.93 bits per heavy atom. The molecule has 1 saturated heterocycles. The zero-order valence-electron chi connectivity index (χ0n) is 15.6. The maximum absolute atomic E-state index is 12.5. The van der Waals surface area contributed by atoms with Crippen LogP contribution in [0.1, 0.15) is 16.8 Å². The Morgan fingerprint density at radius 1 is 1.23 bits per heavy atom. The van der Waals surface area contributed by atoms with Crippen LogP contribution in [0.25, 0.3) is 11.2 Å². The van der Waals surface area contributed by atoms with Crippen LogP contribution in [0.4, 0.5) is 5.69 Å². The zero-order valence-corrected chi connectivity index (χ0v) is 18.7. The molecule has 4 N–H and O–H groups in total. The van der Waals surface area contributed by atoms with E-state index < -0.39 is 35.9 Å². The number of aliphatic hydroxyl groups is 2. The Labute approximate surface area is 211 Å². The van der Waals surface area contributed by atoms with Gasteiger partial charge in [0.25, 0.3) is 11.8 Å². The largest absolute Gasteiger partial charge is 1.00 e. The predicted molar refractivity (Wildman–Crippen MR) is 92.5 cm³/mol. The van der Waals surface area contributed by atoms with Gasteiger partial charge in [0.2, 0.25) is 0 Å². The molecule has 1 amide bonds. The van der Waals surface area contributed by atoms with Gasteiger partial charge in [-0.3, -0.25) is 14.3 Å². The summed E-state index contributed by atoms with van der Waals surface area (Å²) < 4.78 is 6.37. The average Bonchev–Trinajstić information content (AvgIpc) is 3.25. The maximum Gasteiger partial charge on any atom is 1.00 e. The van der Waals surface area contributed by atoms with Gasteiger partial charge in [0.1, 0.15) is 30.4 Å². The van der Waals surface area contributed by atoms with Gasteiger partial charge < -0.3 is 30.5 Å². The van der Waals surface area contributed by atoms with E-state index in [2.05, 4.69) is 20.3 Å². The van der Waals surface area contributed by atoms with Crippen molar-refractivity contribution in [2.45, 2.75) is 24.5 Å². The van der Waals surface area contributed by atoms with Crippen LogP contribution in [-0.4, -0.2) is 58.9 Å². The first-order valence-electron chi connectivity index (χ1n) is 8.37. The molecule has 0 unspecified atom stereocenters. The quantitative estimate of drug-likeness (QED) is 0.292. The molecule has 3 aromatic rings. The molecule has 3 atom stereocenters. The Bertz CT molecular complexity index is 1110. The molecule has 3 heterocycles. The molecule has 0 aliphatic carbocycles. The second-order valence-corrected chi connectivity index (χ2v) is 6.35. The molecule has 1 fully saturated rings. The summed E-state index contributed by atoms with van der Waals surface area (Å²) in [5.74, 6) is -4.80. The molecule has 0 radical (unpaired) electrons. The Morgan fingerprint density at radius 3 is 2.60 bits per heavy atom. The number of ether oxygens (including phenoxy) is 1.